The fraction of sp³-hybridized carbons (Fsp3) is 0.467. The van der Waals surface area contributed by atoms with Crippen LogP contribution in [0.5, 0.6) is 0 Å². The summed E-state index contributed by atoms with van der Waals surface area (Å²) in [7, 11) is 0. The zero-order chi connectivity index (χ0) is 14.4. The van der Waals surface area contributed by atoms with Crippen LogP contribution in [0.2, 0.25) is 0 Å². The third kappa shape index (κ3) is 4.39. The molecule has 0 saturated heterocycles. The first-order valence-electron chi connectivity index (χ1n) is 6.57. The lowest BCUT2D eigenvalue weighted by atomic mass is 10.1. The molecular weight excluding hydrogens is 240 g/mol. The molecule has 0 spiro atoms. The van der Waals surface area contributed by atoms with E-state index in [9.17, 15) is 9.59 Å². The Morgan fingerprint density at radius 1 is 1.21 bits per heavy atom. The average molecular weight is 262 g/mol. The fourth-order valence-corrected chi connectivity index (χ4v) is 1.74. The van der Waals surface area contributed by atoms with Crippen molar-refractivity contribution in [3.05, 3.63) is 29.3 Å². The highest BCUT2D eigenvalue weighted by Gasteiger charge is 2.15. The van der Waals surface area contributed by atoms with E-state index in [-0.39, 0.29) is 18.4 Å². The molecule has 0 fully saturated rings. The number of rotatable bonds is 5. The lowest BCUT2D eigenvalue weighted by molar-refractivity contribution is -0.123. The molecule has 0 aliphatic carbocycles. The predicted molar refractivity (Wildman–Crippen MR) is 77.2 cm³/mol. The number of carbonyl (C=O) groups excluding carboxylic acids is 2. The summed E-state index contributed by atoms with van der Waals surface area (Å²) >= 11 is 0. The Kier molecular flexibility index (Phi) is 5.55. The molecule has 1 rings (SSSR count). The van der Waals surface area contributed by atoms with Gasteiger partial charge in [-0.15, -0.1) is 0 Å². The van der Waals surface area contributed by atoms with Crippen molar-refractivity contribution in [2.75, 3.05) is 18.0 Å². The molecule has 0 bridgehead atoms. The maximum Gasteiger partial charge on any atom is 0.240 e. The Balaban J connectivity index is 2.85. The molecule has 4 heteroatoms. The summed E-state index contributed by atoms with van der Waals surface area (Å²) in [4.78, 5) is 24.9. The molecule has 1 aromatic carbocycles. The number of nitrogens with one attached hydrogen (secondary N) is 1. The molecular formula is C15H22N2O2. The van der Waals surface area contributed by atoms with Crippen molar-refractivity contribution in [2.45, 2.75) is 34.1 Å². The predicted octanol–water partition coefficient (Wildman–Crippen LogP) is 2.18. The van der Waals surface area contributed by atoms with Gasteiger partial charge in [0.2, 0.25) is 11.8 Å². The number of nitrogens with zero attached hydrogens (tertiary/aromatic N) is 1. The number of aryl methyl sites for hydroxylation is 2. The first-order valence-corrected chi connectivity index (χ1v) is 6.57. The minimum absolute atomic E-state index is 0.0673. The number of anilines is 1. The first-order chi connectivity index (χ1) is 8.95. The largest absolute Gasteiger partial charge is 0.355 e. The molecule has 0 aromatic heterocycles. The molecule has 0 unspecified atom stereocenters. The van der Waals surface area contributed by atoms with E-state index >= 15 is 0 Å². The Bertz CT molecular complexity index is 469. The van der Waals surface area contributed by atoms with Crippen molar-refractivity contribution in [3.8, 4) is 0 Å². The van der Waals surface area contributed by atoms with Gasteiger partial charge in [-0.3, -0.25) is 9.59 Å². The van der Waals surface area contributed by atoms with Crippen molar-refractivity contribution >= 4 is 17.5 Å². The lowest BCUT2D eigenvalue weighted by Crippen LogP contribution is -2.40. The first kappa shape index (κ1) is 15.2. The van der Waals surface area contributed by atoms with Gasteiger partial charge in [-0.05, 0) is 43.5 Å². The second-order valence-electron chi connectivity index (χ2n) is 4.72. The van der Waals surface area contributed by atoms with Crippen molar-refractivity contribution in [1.29, 1.82) is 0 Å². The van der Waals surface area contributed by atoms with E-state index in [0.717, 1.165) is 17.7 Å². The van der Waals surface area contributed by atoms with E-state index in [4.69, 9.17) is 0 Å². The van der Waals surface area contributed by atoms with Gasteiger partial charge < -0.3 is 10.2 Å². The van der Waals surface area contributed by atoms with E-state index in [1.54, 1.807) is 0 Å². The summed E-state index contributed by atoms with van der Waals surface area (Å²) in [5, 5.41) is 2.78. The molecule has 0 atom stereocenters. The Morgan fingerprint density at radius 3 is 2.42 bits per heavy atom. The summed E-state index contributed by atoms with van der Waals surface area (Å²) in [6.45, 7) is 8.18. The Morgan fingerprint density at radius 2 is 1.89 bits per heavy atom. The summed E-state index contributed by atoms with van der Waals surface area (Å²) in [5.41, 5.74) is 3.04. The highest BCUT2D eigenvalue weighted by atomic mass is 16.2. The number of hydrogen-bond donors (Lipinski definition) is 1. The summed E-state index contributed by atoms with van der Waals surface area (Å²) in [6, 6.07) is 5.77. The molecule has 1 N–H and O–H groups in total. The van der Waals surface area contributed by atoms with Gasteiger partial charge in [0.15, 0.2) is 0 Å². The normalized spacial score (nSPS) is 10.1. The molecule has 104 valence electrons. The molecule has 0 saturated carbocycles. The number of carbonyl (C=O) groups is 2. The molecule has 19 heavy (non-hydrogen) atoms. The molecule has 1 aromatic rings. The van der Waals surface area contributed by atoms with Gasteiger partial charge in [0, 0.05) is 19.2 Å². The van der Waals surface area contributed by atoms with E-state index < -0.39 is 0 Å². The zero-order valence-electron chi connectivity index (χ0n) is 12.1. The van der Waals surface area contributed by atoms with Crippen LogP contribution in [0.1, 0.15) is 31.4 Å². The van der Waals surface area contributed by atoms with Crippen LogP contribution in [0.25, 0.3) is 0 Å². The molecule has 4 nitrogen and oxygen atoms in total. The van der Waals surface area contributed by atoms with Crippen LogP contribution in [0, 0.1) is 13.8 Å². The minimum Gasteiger partial charge on any atom is -0.355 e. The second-order valence-corrected chi connectivity index (χ2v) is 4.72. The summed E-state index contributed by atoms with van der Waals surface area (Å²) < 4.78 is 0. The monoisotopic (exact) mass is 262 g/mol. The number of benzene rings is 1. The molecule has 0 aliphatic heterocycles. The van der Waals surface area contributed by atoms with Gasteiger partial charge >= 0.3 is 0 Å². The van der Waals surface area contributed by atoms with Crippen LogP contribution >= 0.6 is 0 Å². The van der Waals surface area contributed by atoms with Crippen LogP contribution in [-0.4, -0.2) is 24.9 Å². The maximum absolute atomic E-state index is 11.7. The molecule has 0 heterocycles. The van der Waals surface area contributed by atoms with Crippen LogP contribution in [0.15, 0.2) is 18.2 Å². The Hall–Kier alpha value is -1.84. The average Bonchev–Trinajstić information content (AvgIpc) is 2.36. The van der Waals surface area contributed by atoms with Gasteiger partial charge in [0.1, 0.15) is 6.54 Å². The van der Waals surface area contributed by atoms with Crippen molar-refractivity contribution in [3.63, 3.8) is 0 Å². The summed E-state index contributed by atoms with van der Waals surface area (Å²) in [5.74, 6) is -0.259. The van der Waals surface area contributed by atoms with Gasteiger partial charge in [-0.2, -0.15) is 0 Å². The summed E-state index contributed by atoms with van der Waals surface area (Å²) in [6.07, 6.45) is 0.884. The van der Waals surface area contributed by atoms with E-state index in [1.165, 1.54) is 17.4 Å². The Labute approximate surface area is 114 Å². The van der Waals surface area contributed by atoms with Gasteiger partial charge in [0.05, 0.1) is 0 Å². The van der Waals surface area contributed by atoms with Gasteiger partial charge in [-0.25, -0.2) is 0 Å². The van der Waals surface area contributed by atoms with E-state index in [2.05, 4.69) is 5.32 Å². The maximum atomic E-state index is 11.7. The SMILES string of the molecule is CCCNC(=O)CN(C(C)=O)c1ccc(C)c(C)c1. The van der Waals surface area contributed by atoms with Crippen molar-refractivity contribution in [2.24, 2.45) is 0 Å². The second kappa shape index (κ2) is 6.92. The molecule has 2 amide bonds. The molecule has 0 radical (unpaired) electrons. The minimum atomic E-state index is -0.130. The van der Waals surface area contributed by atoms with E-state index in [1.807, 2.05) is 39.0 Å². The highest BCUT2D eigenvalue weighted by molar-refractivity contribution is 5.97. The standard InChI is InChI=1S/C15H22N2O2/c1-5-8-16-15(19)10-17(13(4)18)14-7-6-11(2)12(3)9-14/h6-7,9H,5,8,10H2,1-4H3,(H,16,19). The van der Waals surface area contributed by atoms with E-state index in [0.29, 0.717) is 6.54 Å². The third-order valence-corrected chi connectivity index (χ3v) is 3.06. The third-order valence-electron chi connectivity index (χ3n) is 3.06. The number of amides is 2. The lowest BCUT2D eigenvalue weighted by Gasteiger charge is -2.21. The van der Waals surface area contributed by atoms with Crippen molar-refractivity contribution in [1.82, 2.24) is 5.32 Å². The van der Waals surface area contributed by atoms with Crippen LogP contribution in [0.3, 0.4) is 0 Å². The van der Waals surface area contributed by atoms with Crippen LogP contribution in [-0.2, 0) is 9.59 Å². The van der Waals surface area contributed by atoms with Crippen LogP contribution in [0.4, 0.5) is 5.69 Å². The smallest absolute Gasteiger partial charge is 0.240 e. The zero-order valence-corrected chi connectivity index (χ0v) is 12.1. The molecule has 0 aliphatic rings. The van der Waals surface area contributed by atoms with Crippen LogP contribution < -0.4 is 10.2 Å². The van der Waals surface area contributed by atoms with Gasteiger partial charge in [0.25, 0.3) is 0 Å². The quantitative estimate of drug-likeness (QED) is 0.884. The topological polar surface area (TPSA) is 49.4 Å². The fourth-order valence-electron chi connectivity index (χ4n) is 1.74. The highest BCUT2D eigenvalue weighted by Crippen LogP contribution is 2.18. The number of hydrogen-bond acceptors (Lipinski definition) is 2. The van der Waals surface area contributed by atoms with Gasteiger partial charge in [-0.1, -0.05) is 13.0 Å². The van der Waals surface area contributed by atoms with Crippen molar-refractivity contribution < 1.29 is 9.59 Å².